The molecular weight excluding hydrogens is 505 g/mol. The van der Waals surface area contributed by atoms with Crippen LogP contribution in [0.3, 0.4) is 0 Å². The lowest BCUT2D eigenvalue weighted by molar-refractivity contribution is -0.192. The second-order valence-electron chi connectivity index (χ2n) is 9.64. The number of benzene rings is 1. The second kappa shape index (κ2) is 15.3. The molecule has 2 amide bonds. The molecule has 0 bridgehead atoms. The van der Waals surface area contributed by atoms with E-state index in [2.05, 4.69) is 16.0 Å². The van der Waals surface area contributed by atoms with Crippen molar-refractivity contribution >= 4 is 23.7 Å². The van der Waals surface area contributed by atoms with Gasteiger partial charge in [-0.2, -0.15) is 13.2 Å². The predicted molar refractivity (Wildman–Crippen MR) is 135 cm³/mol. The number of rotatable bonds is 8. The number of hydrogen-bond acceptors (Lipinski definition) is 6. The molecule has 212 valence electrons. The van der Waals surface area contributed by atoms with Crippen molar-refractivity contribution in [2.45, 2.75) is 76.7 Å². The lowest BCUT2D eigenvalue weighted by Gasteiger charge is -2.34. The molecule has 5 N–H and O–H groups in total. The highest BCUT2D eigenvalue weighted by atomic mass is 19.4. The molecule has 2 fully saturated rings. The lowest BCUT2D eigenvalue weighted by atomic mass is 9.82. The minimum atomic E-state index is -5.08. The van der Waals surface area contributed by atoms with Crippen LogP contribution in [0.5, 0.6) is 0 Å². The Labute approximate surface area is 220 Å². The standard InChI is InChI=1S/C24H36N4O3.C2HF3O2/c1-17(25)21(20-12-14-26-15-13-20)27-23(29)22(19-10-6-3-7-11-19)28-24(30)31-16-18-8-4-2-5-9-18;3-2(4,5)1(6)7/h2,4-5,8-9,19-22,25-26H,3,6-7,10-16H2,1H3,(H,27,29)(H,28,30);(H,6,7)/t21?,22-;/m0./s1. The summed E-state index contributed by atoms with van der Waals surface area (Å²) in [6, 6.07) is 8.58. The quantitative estimate of drug-likeness (QED) is 0.314. The van der Waals surface area contributed by atoms with Gasteiger partial charge in [0.15, 0.2) is 0 Å². The van der Waals surface area contributed by atoms with E-state index in [9.17, 15) is 22.8 Å². The van der Waals surface area contributed by atoms with Gasteiger partial charge in [-0.1, -0.05) is 49.6 Å². The van der Waals surface area contributed by atoms with E-state index in [0.717, 1.165) is 57.2 Å². The molecule has 1 aromatic rings. The third-order valence-electron chi connectivity index (χ3n) is 6.75. The molecule has 1 aliphatic carbocycles. The SMILES string of the molecule is CC(=N)C(NC(=O)[C@@H](NC(=O)OCc1ccccc1)C1CCCCC1)C1CCNCC1.O=C(O)C(F)(F)F. The van der Waals surface area contributed by atoms with Crippen molar-refractivity contribution in [3.63, 3.8) is 0 Å². The highest BCUT2D eigenvalue weighted by Crippen LogP contribution is 2.27. The Kier molecular flexibility index (Phi) is 12.5. The number of alkyl halides is 3. The van der Waals surface area contributed by atoms with Gasteiger partial charge >= 0.3 is 18.2 Å². The summed E-state index contributed by atoms with van der Waals surface area (Å²) in [4.78, 5) is 34.7. The number of aliphatic carboxylic acids is 1. The Hall–Kier alpha value is -3.15. The van der Waals surface area contributed by atoms with Crippen molar-refractivity contribution in [2.75, 3.05) is 13.1 Å². The fourth-order valence-electron chi connectivity index (χ4n) is 4.76. The van der Waals surface area contributed by atoms with E-state index < -0.39 is 24.3 Å². The molecule has 38 heavy (non-hydrogen) atoms. The van der Waals surface area contributed by atoms with Crippen LogP contribution in [0.25, 0.3) is 0 Å². The molecule has 1 aromatic carbocycles. The van der Waals surface area contributed by atoms with Crippen LogP contribution >= 0.6 is 0 Å². The zero-order chi connectivity index (χ0) is 28.1. The van der Waals surface area contributed by atoms with E-state index in [1.807, 2.05) is 30.3 Å². The van der Waals surface area contributed by atoms with Crippen LogP contribution in [-0.2, 0) is 20.9 Å². The van der Waals surface area contributed by atoms with Gasteiger partial charge < -0.3 is 31.2 Å². The Morgan fingerprint density at radius 2 is 1.55 bits per heavy atom. The van der Waals surface area contributed by atoms with Crippen LogP contribution in [0.2, 0.25) is 0 Å². The van der Waals surface area contributed by atoms with E-state index >= 15 is 0 Å². The van der Waals surface area contributed by atoms with Crippen molar-refractivity contribution in [3.05, 3.63) is 35.9 Å². The Bertz CT molecular complexity index is 917. The van der Waals surface area contributed by atoms with Crippen molar-refractivity contribution in [1.82, 2.24) is 16.0 Å². The summed E-state index contributed by atoms with van der Waals surface area (Å²) >= 11 is 0. The maximum absolute atomic E-state index is 13.3. The number of nitrogens with one attached hydrogen (secondary N) is 4. The molecular formula is C26H37F3N4O5. The molecule has 0 spiro atoms. The zero-order valence-corrected chi connectivity index (χ0v) is 21.5. The Morgan fingerprint density at radius 3 is 2.08 bits per heavy atom. The summed E-state index contributed by atoms with van der Waals surface area (Å²) < 4.78 is 37.1. The van der Waals surface area contributed by atoms with Gasteiger partial charge in [0.05, 0.1) is 6.04 Å². The van der Waals surface area contributed by atoms with Crippen LogP contribution in [-0.4, -0.2) is 60.1 Å². The molecule has 2 atom stereocenters. The molecule has 12 heteroatoms. The molecule has 9 nitrogen and oxygen atoms in total. The number of hydrogen-bond donors (Lipinski definition) is 5. The van der Waals surface area contributed by atoms with E-state index in [-0.39, 0.29) is 30.4 Å². The lowest BCUT2D eigenvalue weighted by Crippen LogP contribution is -2.56. The fraction of sp³-hybridized carbons (Fsp3) is 0.615. The first-order valence-corrected chi connectivity index (χ1v) is 12.8. The minimum Gasteiger partial charge on any atom is -0.475 e. The number of halogens is 3. The summed E-state index contributed by atoms with van der Waals surface area (Å²) in [6.07, 6.45) is 1.34. The number of carbonyl (C=O) groups excluding carboxylic acids is 2. The largest absolute Gasteiger partial charge is 0.490 e. The van der Waals surface area contributed by atoms with E-state index in [4.69, 9.17) is 20.0 Å². The first-order valence-electron chi connectivity index (χ1n) is 12.8. The highest BCUT2D eigenvalue weighted by molar-refractivity contribution is 5.92. The normalized spacial score (nSPS) is 18.2. The van der Waals surface area contributed by atoms with Gasteiger partial charge in [0.25, 0.3) is 0 Å². The van der Waals surface area contributed by atoms with Crippen LogP contribution in [0.4, 0.5) is 18.0 Å². The monoisotopic (exact) mass is 542 g/mol. The van der Waals surface area contributed by atoms with Crippen LogP contribution in [0.1, 0.15) is 57.4 Å². The average molecular weight is 543 g/mol. The summed E-state index contributed by atoms with van der Waals surface area (Å²) in [5.41, 5.74) is 1.37. The van der Waals surface area contributed by atoms with Crippen molar-refractivity contribution < 1.29 is 37.4 Å². The first kappa shape index (κ1) is 31.1. The third kappa shape index (κ3) is 10.7. The summed E-state index contributed by atoms with van der Waals surface area (Å²) in [5.74, 6) is -2.61. The predicted octanol–water partition coefficient (Wildman–Crippen LogP) is 4.02. The zero-order valence-electron chi connectivity index (χ0n) is 21.5. The average Bonchev–Trinajstić information content (AvgIpc) is 2.90. The molecule has 1 aliphatic heterocycles. The van der Waals surface area contributed by atoms with Gasteiger partial charge in [-0.15, -0.1) is 0 Å². The molecule has 0 radical (unpaired) electrons. The van der Waals surface area contributed by atoms with Crippen molar-refractivity contribution in [2.24, 2.45) is 11.8 Å². The van der Waals surface area contributed by atoms with Gasteiger partial charge in [-0.3, -0.25) is 4.79 Å². The van der Waals surface area contributed by atoms with Crippen LogP contribution in [0.15, 0.2) is 30.3 Å². The molecule has 1 unspecified atom stereocenters. The van der Waals surface area contributed by atoms with Gasteiger partial charge in [-0.05, 0) is 63.1 Å². The summed E-state index contributed by atoms with van der Waals surface area (Å²) in [7, 11) is 0. The molecule has 1 saturated heterocycles. The number of amides is 2. The maximum atomic E-state index is 13.3. The number of carboxylic acid groups (broad SMARTS) is 1. The molecule has 1 saturated carbocycles. The molecule has 2 aliphatic rings. The molecule has 0 aromatic heterocycles. The van der Waals surface area contributed by atoms with Gasteiger partial charge in [0.2, 0.25) is 5.91 Å². The van der Waals surface area contributed by atoms with E-state index in [1.165, 1.54) is 6.42 Å². The summed E-state index contributed by atoms with van der Waals surface area (Å²) in [5, 5.41) is 24.6. The first-order chi connectivity index (χ1) is 18.0. The van der Waals surface area contributed by atoms with Crippen molar-refractivity contribution in [1.29, 1.82) is 5.41 Å². The summed E-state index contributed by atoms with van der Waals surface area (Å²) in [6.45, 7) is 3.73. The molecule has 3 rings (SSSR count). The van der Waals surface area contributed by atoms with Gasteiger partial charge in [-0.25, -0.2) is 9.59 Å². The minimum absolute atomic E-state index is 0.0951. The number of ether oxygens (including phenoxy) is 1. The fourth-order valence-corrected chi connectivity index (χ4v) is 4.76. The number of carboxylic acids is 1. The smallest absolute Gasteiger partial charge is 0.475 e. The highest BCUT2D eigenvalue weighted by Gasteiger charge is 2.38. The van der Waals surface area contributed by atoms with E-state index in [1.54, 1.807) is 6.92 Å². The number of alkyl carbamates (subject to hydrolysis) is 1. The number of carbonyl (C=O) groups is 3. The second-order valence-corrected chi connectivity index (χ2v) is 9.64. The van der Waals surface area contributed by atoms with Crippen LogP contribution in [0, 0.1) is 17.2 Å². The maximum Gasteiger partial charge on any atom is 0.490 e. The van der Waals surface area contributed by atoms with Gasteiger partial charge in [0, 0.05) is 5.71 Å². The third-order valence-corrected chi connectivity index (χ3v) is 6.75. The van der Waals surface area contributed by atoms with Gasteiger partial charge in [0.1, 0.15) is 12.6 Å². The molecule has 1 heterocycles. The van der Waals surface area contributed by atoms with Crippen molar-refractivity contribution in [3.8, 4) is 0 Å². The Balaban J connectivity index is 0.000000638. The Morgan fingerprint density at radius 1 is 1.00 bits per heavy atom. The topological polar surface area (TPSA) is 141 Å². The number of piperidine rings is 1. The van der Waals surface area contributed by atoms with Crippen LogP contribution < -0.4 is 16.0 Å². The van der Waals surface area contributed by atoms with E-state index in [0.29, 0.717) is 5.71 Å².